The molecule has 0 bridgehead atoms. The molecule has 0 aliphatic carbocycles. The number of hydrogen-bond acceptors (Lipinski definition) is 11. The van der Waals surface area contributed by atoms with Crippen LogP contribution in [0.5, 0.6) is 40.2 Å². The molecule has 0 fully saturated rings. The highest BCUT2D eigenvalue weighted by atomic mass is 35.5. The van der Waals surface area contributed by atoms with Crippen LogP contribution in [0.1, 0.15) is 43.0 Å². The first-order chi connectivity index (χ1) is 25.4. The summed E-state index contributed by atoms with van der Waals surface area (Å²) in [6, 6.07) is 23.1. The van der Waals surface area contributed by atoms with Crippen LogP contribution >= 0.6 is 11.6 Å². The normalized spacial score (nSPS) is 13.5. The number of rotatable bonds is 17. The quantitative estimate of drug-likeness (QED) is 0.0894. The van der Waals surface area contributed by atoms with Crippen molar-refractivity contribution < 1.29 is 37.7 Å². The van der Waals surface area contributed by atoms with E-state index in [1.807, 2.05) is 66.7 Å². The summed E-state index contributed by atoms with van der Waals surface area (Å²) < 4.78 is 45.6. The third-order valence-electron chi connectivity index (χ3n) is 8.86. The zero-order valence-electron chi connectivity index (χ0n) is 30.0. The van der Waals surface area contributed by atoms with Gasteiger partial charge in [-0.25, -0.2) is 0 Å². The second-order valence-corrected chi connectivity index (χ2v) is 12.6. The van der Waals surface area contributed by atoms with Crippen molar-refractivity contribution in [2.24, 2.45) is 0 Å². The van der Waals surface area contributed by atoms with Crippen LogP contribution < -0.4 is 43.8 Å². The molecule has 12 heteroatoms. The largest absolute Gasteiger partial charge is 0.493 e. The highest BCUT2D eigenvalue weighted by Gasteiger charge is 2.21. The zero-order chi connectivity index (χ0) is 36.5. The fraction of sp³-hybridized carbons (Fsp3) is 0.325. The van der Waals surface area contributed by atoms with Crippen molar-refractivity contribution >= 4 is 17.3 Å². The molecule has 6 rings (SSSR count). The third kappa shape index (κ3) is 8.43. The van der Waals surface area contributed by atoms with Crippen LogP contribution in [0, 0.1) is 0 Å². The van der Waals surface area contributed by atoms with Crippen LogP contribution in [0.15, 0.2) is 77.3 Å². The van der Waals surface area contributed by atoms with Crippen molar-refractivity contribution in [2.45, 2.75) is 38.4 Å². The number of benzene rings is 4. The van der Waals surface area contributed by atoms with E-state index in [9.17, 15) is 0 Å². The molecule has 0 radical (unpaired) electrons. The van der Waals surface area contributed by atoms with Gasteiger partial charge in [-0.2, -0.15) is 0 Å². The Balaban J connectivity index is 0.969. The van der Waals surface area contributed by atoms with Gasteiger partial charge in [-0.1, -0.05) is 22.8 Å². The first-order valence-corrected chi connectivity index (χ1v) is 17.5. The summed E-state index contributed by atoms with van der Waals surface area (Å²) in [5.41, 5.74) is 5.50. The molecule has 274 valence electrons. The topological polar surface area (TPSA) is 115 Å². The number of aromatic nitrogens is 1. The second-order valence-electron chi connectivity index (χ2n) is 12.1. The fourth-order valence-corrected chi connectivity index (χ4v) is 6.29. The molecular weight excluding hydrogens is 686 g/mol. The van der Waals surface area contributed by atoms with E-state index in [2.05, 4.69) is 21.9 Å². The lowest BCUT2D eigenvalue weighted by Gasteiger charge is -2.29. The molecule has 0 saturated carbocycles. The Morgan fingerprint density at radius 1 is 0.654 bits per heavy atom. The standard InChI is InChI=1S/C40H44ClN3O8/c1-45-32-14-10-25(31-23-34(52-44-31)27-21-37(47-3)39(49-5)38(22-27)48-4)19-36(32)51-17-9-7-6-8-16-50-33-15-11-26(20-35(33)46-2)40-42-24-28-18-29(41)12-13-30(28)43-40/h10-15,18-23,40,42-43H,6-9,16-17,24H2,1-5H3. The molecule has 11 nitrogen and oxygen atoms in total. The molecule has 1 aliphatic heterocycles. The maximum Gasteiger partial charge on any atom is 0.203 e. The first kappa shape index (κ1) is 36.5. The Hall–Kier alpha value is -5.26. The van der Waals surface area contributed by atoms with Crippen molar-refractivity contribution in [1.29, 1.82) is 0 Å². The number of methoxy groups -OCH3 is 5. The zero-order valence-corrected chi connectivity index (χ0v) is 30.8. The minimum atomic E-state index is -0.0447. The molecule has 2 heterocycles. The monoisotopic (exact) mass is 729 g/mol. The van der Waals surface area contributed by atoms with Gasteiger partial charge in [0.25, 0.3) is 0 Å². The highest BCUT2D eigenvalue weighted by Crippen LogP contribution is 2.42. The van der Waals surface area contributed by atoms with Gasteiger partial charge in [0.1, 0.15) is 11.9 Å². The van der Waals surface area contributed by atoms with Gasteiger partial charge in [0.2, 0.25) is 5.75 Å². The molecular formula is C40H44ClN3O8. The van der Waals surface area contributed by atoms with Crippen molar-refractivity contribution in [3.63, 3.8) is 0 Å². The number of ether oxygens (including phenoxy) is 7. The van der Waals surface area contributed by atoms with E-state index in [0.29, 0.717) is 59.2 Å². The number of hydrogen-bond donors (Lipinski definition) is 2. The minimum Gasteiger partial charge on any atom is -0.493 e. The maximum atomic E-state index is 6.17. The van der Waals surface area contributed by atoms with E-state index in [-0.39, 0.29) is 6.17 Å². The SMILES string of the molecule is COc1cc(C2NCc3cc(Cl)ccc3N2)ccc1OCCCCCCOc1cc(-c2cc(-c3cc(OC)c(OC)c(OC)c3)on2)ccc1OC. The average molecular weight is 730 g/mol. The predicted molar refractivity (Wildman–Crippen MR) is 201 cm³/mol. The van der Waals surface area contributed by atoms with E-state index in [4.69, 9.17) is 49.3 Å². The summed E-state index contributed by atoms with van der Waals surface area (Å²) in [6.45, 7) is 1.87. The smallest absolute Gasteiger partial charge is 0.203 e. The number of unbranched alkanes of at least 4 members (excludes halogenated alkanes) is 3. The number of nitrogens with zero attached hydrogens (tertiary/aromatic N) is 1. The van der Waals surface area contributed by atoms with E-state index < -0.39 is 0 Å². The number of fused-ring (bicyclic) bond motifs is 1. The van der Waals surface area contributed by atoms with Gasteiger partial charge in [0, 0.05) is 34.4 Å². The Labute approximate surface area is 309 Å². The van der Waals surface area contributed by atoms with Gasteiger partial charge in [-0.05, 0) is 97.5 Å². The molecule has 0 amide bonds. The Kier molecular flexibility index (Phi) is 12.2. The van der Waals surface area contributed by atoms with Gasteiger partial charge in [0.15, 0.2) is 40.3 Å². The summed E-state index contributed by atoms with van der Waals surface area (Å²) in [4.78, 5) is 0. The first-order valence-electron chi connectivity index (χ1n) is 17.1. The summed E-state index contributed by atoms with van der Waals surface area (Å²) in [5, 5.41) is 12.1. The number of halogens is 1. The fourth-order valence-electron chi connectivity index (χ4n) is 6.09. The van der Waals surface area contributed by atoms with E-state index in [1.54, 1.807) is 35.5 Å². The Morgan fingerprint density at radius 3 is 2.02 bits per heavy atom. The molecule has 4 aromatic carbocycles. The Morgan fingerprint density at radius 2 is 1.33 bits per heavy atom. The molecule has 1 atom stereocenters. The summed E-state index contributed by atoms with van der Waals surface area (Å²) in [7, 11) is 8.00. The lowest BCUT2D eigenvalue weighted by Crippen LogP contribution is -2.32. The molecule has 0 spiro atoms. The molecule has 2 N–H and O–H groups in total. The highest BCUT2D eigenvalue weighted by molar-refractivity contribution is 6.30. The molecule has 1 aliphatic rings. The van der Waals surface area contributed by atoms with E-state index in [0.717, 1.165) is 70.9 Å². The van der Waals surface area contributed by atoms with Crippen LogP contribution in [0.4, 0.5) is 5.69 Å². The van der Waals surface area contributed by atoms with Crippen LogP contribution in [0.25, 0.3) is 22.6 Å². The van der Waals surface area contributed by atoms with Crippen molar-refractivity contribution in [3.05, 3.63) is 88.9 Å². The molecule has 1 unspecified atom stereocenters. The number of nitrogens with one attached hydrogen (secondary N) is 2. The lowest BCUT2D eigenvalue weighted by molar-refractivity contribution is 0.271. The van der Waals surface area contributed by atoms with Gasteiger partial charge >= 0.3 is 0 Å². The molecule has 52 heavy (non-hydrogen) atoms. The molecule has 1 aromatic heterocycles. The van der Waals surface area contributed by atoms with Crippen LogP contribution in [0.2, 0.25) is 5.02 Å². The second kappa shape index (κ2) is 17.3. The molecule has 5 aromatic rings. The van der Waals surface area contributed by atoms with Crippen LogP contribution in [0.3, 0.4) is 0 Å². The van der Waals surface area contributed by atoms with Gasteiger partial charge < -0.3 is 43.0 Å². The van der Waals surface area contributed by atoms with Crippen LogP contribution in [-0.2, 0) is 6.54 Å². The number of anilines is 1. The average Bonchev–Trinajstić information content (AvgIpc) is 3.68. The minimum absolute atomic E-state index is 0.0447. The third-order valence-corrected chi connectivity index (χ3v) is 9.09. The van der Waals surface area contributed by atoms with Gasteiger partial charge in [-0.15, -0.1) is 0 Å². The maximum absolute atomic E-state index is 6.17. The van der Waals surface area contributed by atoms with E-state index >= 15 is 0 Å². The Bertz CT molecular complexity index is 1940. The lowest BCUT2D eigenvalue weighted by atomic mass is 10.1. The van der Waals surface area contributed by atoms with Crippen molar-refractivity contribution in [1.82, 2.24) is 10.5 Å². The molecule has 0 saturated heterocycles. The van der Waals surface area contributed by atoms with Gasteiger partial charge in [-0.3, -0.25) is 5.32 Å². The van der Waals surface area contributed by atoms with Gasteiger partial charge in [0.05, 0.1) is 48.8 Å². The summed E-state index contributed by atoms with van der Waals surface area (Å²) in [5.74, 6) is 4.83. The van der Waals surface area contributed by atoms with Crippen molar-refractivity contribution in [2.75, 3.05) is 54.1 Å². The predicted octanol–water partition coefficient (Wildman–Crippen LogP) is 8.94. The van der Waals surface area contributed by atoms with Crippen LogP contribution in [-0.4, -0.2) is 53.9 Å². The van der Waals surface area contributed by atoms with Crippen molar-refractivity contribution in [3.8, 4) is 62.8 Å². The summed E-state index contributed by atoms with van der Waals surface area (Å²) >= 11 is 6.15. The van der Waals surface area contributed by atoms with E-state index in [1.165, 1.54) is 0 Å². The summed E-state index contributed by atoms with van der Waals surface area (Å²) in [6.07, 6.45) is 3.75.